The zero-order chi connectivity index (χ0) is 42.6. The molecule has 1 aliphatic carbocycles. The maximum absolute atomic E-state index is 15.2. The fourth-order valence-electron chi connectivity index (χ4n) is 6.54. The van der Waals surface area contributed by atoms with Crippen molar-refractivity contribution >= 4 is 35.6 Å². The second kappa shape index (κ2) is 20.8. The van der Waals surface area contributed by atoms with Crippen LogP contribution in [0.4, 0.5) is 14.9 Å². The van der Waals surface area contributed by atoms with Gasteiger partial charge in [-0.3, -0.25) is 9.69 Å². The Kier molecular flexibility index (Phi) is 16.5. The van der Waals surface area contributed by atoms with Gasteiger partial charge < -0.3 is 33.5 Å². The largest absolute Gasteiger partial charge is 0.458 e. The monoisotopic (exact) mass is 811 g/mol. The summed E-state index contributed by atoms with van der Waals surface area (Å²) in [4.78, 5) is 72.7. The number of likely N-dealkylation sites (N-methyl/N-ethyl adjacent to an activating group) is 2. The molecule has 4 rings (SSSR count). The summed E-state index contributed by atoms with van der Waals surface area (Å²) >= 11 is 0. The first-order chi connectivity index (χ1) is 27.3. The van der Waals surface area contributed by atoms with Gasteiger partial charge in [-0.2, -0.15) is 0 Å². The Morgan fingerprint density at radius 3 is 2.02 bits per heavy atom. The first kappa shape index (κ1) is 46.0. The van der Waals surface area contributed by atoms with Gasteiger partial charge in [-0.15, -0.1) is 0 Å². The van der Waals surface area contributed by atoms with Crippen LogP contribution in [0.2, 0.25) is 0 Å². The molecule has 0 spiro atoms. The van der Waals surface area contributed by atoms with Crippen LogP contribution < -0.4 is 4.90 Å². The lowest BCUT2D eigenvalue weighted by Gasteiger charge is -2.34. The van der Waals surface area contributed by atoms with Crippen LogP contribution in [-0.4, -0.2) is 116 Å². The van der Waals surface area contributed by atoms with Crippen molar-refractivity contribution in [1.82, 2.24) is 9.80 Å². The molecule has 2 aromatic rings. The van der Waals surface area contributed by atoms with Gasteiger partial charge in [-0.1, -0.05) is 55.3 Å². The number of nitrogens with zero attached hydrogens (tertiary/aromatic N) is 3. The number of benzene rings is 2. The Morgan fingerprint density at radius 1 is 0.810 bits per heavy atom. The fourth-order valence-corrected chi connectivity index (χ4v) is 6.54. The van der Waals surface area contributed by atoms with Gasteiger partial charge in [0.2, 0.25) is 0 Å². The lowest BCUT2D eigenvalue weighted by atomic mass is 9.99. The fraction of sp³-hybridized carbons (Fsp3) is 0.614. The molecule has 4 atom stereocenters. The smallest absolute Gasteiger partial charge is 0.410 e. The molecule has 0 N–H and O–H groups in total. The van der Waals surface area contributed by atoms with Crippen LogP contribution in [0.1, 0.15) is 91.2 Å². The molecule has 13 nitrogen and oxygen atoms in total. The molecular formula is C44H62FN3O10. The highest BCUT2D eigenvalue weighted by atomic mass is 19.1. The number of alkyl halides is 1. The van der Waals surface area contributed by atoms with E-state index in [4.69, 9.17) is 23.7 Å². The summed E-state index contributed by atoms with van der Waals surface area (Å²) in [5, 5.41) is 0. The van der Waals surface area contributed by atoms with E-state index >= 15 is 4.39 Å². The van der Waals surface area contributed by atoms with Crippen LogP contribution in [0.5, 0.6) is 0 Å². The van der Waals surface area contributed by atoms with Gasteiger partial charge in [0, 0.05) is 39.3 Å². The molecule has 0 radical (unpaired) electrons. The van der Waals surface area contributed by atoms with Crippen molar-refractivity contribution < 1.29 is 52.0 Å². The topological polar surface area (TPSA) is 141 Å². The summed E-state index contributed by atoms with van der Waals surface area (Å²) in [7, 11) is 2.76. The third-order valence-corrected chi connectivity index (χ3v) is 10.1. The van der Waals surface area contributed by atoms with Crippen LogP contribution in [0, 0.1) is 5.92 Å². The summed E-state index contributed by atoms with van der Waals surface area (Å²) < 4.78 is 43.1. The number of rotatable bonds is 19. The quantitative estimate of drug-likeness (QED) is 0.114. The predicted octanol–water partition coefficient (Wildman–Crippen LogP) is 6.43. The molecular weight excluding hydrogens is 749 g/mol. The van der Waals surface area contributed by atoms with Crippen LogP contribution in [0.15, 0.2) is 54.6 Å². The summed E-state index contributed by atoms with van der Waals surface area (Å²) in [6.07, 6.45) is -0.769. The van der Waals surface area contributed by atoms with Gasteiger partial charge >= 0.3 is 24.0 Å². The maximum Gasteiger partial charge on any atom is 0.410 e. The third kappa shape index (κ3) is 14.9. The predicted molar refractivity (Wildman–Crippen MR) is 216 cm³/mol. The van der Waals surface area contributed by atoms with Crippen molar-refractivity contribution in [2.45, 2.75) is 129 Å². The number of aryl methyl sites for hydroxylation is 1. The van der Waals surface area contributed by atoms with E-state index in [-0.39, 0.29) is 19.4 Å². The van der Waals surface area contributed by atoms with E-state index in [9.17, 15) is 24.0 Å². The zero-order valence-electron chi connectivity index (χ0n) is 35.4. The molecule has 1 aliphatic heterocycles. The second-order valence-corrected chi connectivity index (χ2v) is 16.9. The van der Waals surface area contributed by atoms with Gasteiger partial charge in [0.15, 0.2) is 12.2 Å². The Balaban J connectivity index is 1.56. The number of hydrogen-bond donors (Lipinski definition) is 0. The van der Waals surface area contributed by atoms with E-state index in [0.717, 1.165) is 47.6 Å². The standard InChI is InChI=1S/C44H62FN3O10/c1-30(39(50)55-29-33-12-10-9-11-13-33)56-40(51)35(22-18-31-14-15-31)46(7)38(49)37(23-19-32-16-20-34(21-17-32)48-24-26-54-27-25-48)57-41(52)36(28-44(5,6)45)47(8)42(53)58-43(2,3)4/h9-13,16-17,20-21,30-31,35-37H,14-15,18-19,22-29H2,1-8H3/t30-,35+,36+,37-/m1/s1. The number of esters is 3. The van der Waals surface area contributed by atoms with E-state index in [2.05, 4.69) is 4.90 Å². The summed E-state index contributed by atoms with van der Waals surface area (Å²) in [5.41, 5.74) is -0.139. The van der Waals surface area contributed by atoms with E-state index < -0.39 is 71.9 Å². The molecule has 14 heteroatoms. The highest BCUT2D eigenvalue weighted by molar-refractivity contribution is 5.90. The highest BCUT2D eigenvalue weighted by Gasteiger charge is 2.41. The van der Waals surface area contributed by atoms with Crippen molar-refractivity contribution in [3.05, 3.63) is 65.7 Å². The SMILES string of the molecule is C[C@@H](OC(=O)[C@H](CCC1CC1)N(C)C(=O)[C@@H](CCc1ccc(N2CCOCC2)cc1)OC(=O)[C@H](CC(C)(C)F)N(C)C(=O)OC(C)(C)C)C(=O)OCc1ccccc1. The second-order valence-electron chi connectivity index (χ2n) is 16.9. The van der Waals surface area contributed by atoms with Crippen molar-refractivity contribution in [3.8, 4) is 0 Å². The molecule has 0 unspecified atom stereocenters. The number of ether oxygens (including phenoxy) is 5. The third-order valence-electron chi connectivity index (χ3n) is 10.1. The summed E-state index contributed by atoms with van der Waals surface area (Å²) in [5.74, 6) is -2.83. The van der Waals surface area contributed by atoms with E-state index in [1.165, 1.54) is 39.8 Å². The number of amides is 2. The molecule has 2 fully saturated rings. The Hall–Kier alpha value is -4.72. The molecule has 320 valence electrons. The molecule has 2 aliphatic rings. The number of hydrogen-bond acceptors (Lipinski definition) is 11. The van der Waals surface area contributed by atoms with Crippen LogP contribution >= 0.6 is 0 Å². The Morgan fingerprint density at radius 2 is 1.43 bits per heavy atom. The average molecular weight is 812 g/mol. The maximum atomic E-state index is 15.2. The van der Waals surface area contributed by atoms with Crippen molar-refractivity contribution in [2.75, 3.05) is 45.3 Å². The van der Waals surface area contributed by atoms with Gasteiger partial charge in [0.25, 0.3) is 5.91 Å². The lowest BCUT2D eigenvalue weighted by Crippen LogP contribution is -2.52. The van der Waals surface area contributed by atoms with Crippen molar-refractivity contribution in [1.29, 1.82) is 0 Å². The highest BCUT2D eigenvalue weighted by Crippen LogP contribution is 2.35. The molecule has 1 saturated heterocycles. The summed E-state index contributed by atoms with van der Waals surface area (Å²) in [6.45, 7) is 11.8. The van der Waals surface area contributed by atoms with Gasteiger partial charge in [-0.05, 0) is 96.4 Å². The molecule has 2 aromatic carbocycles. The Labute approximate surface area is 342 Å². The molecule has 0 bridgehead atoms. The van der Waals surface area contributed by atoms with Crippen molar-refractivity contribution in [2.24, 2.45) is 5.92 Å². The molecule has 2 amide bonds. The normalized spacial score (nSPS) is 16.6. The zero-order valence-corrected chi connectivity index (χ0v) is 35.4. The molecule has 1 heterocycles. The van der Waals surface area contributed by atoms with Gasteiger partial charge in [0.1, 0.15) is 30.0 Å². The number of anilines is 1. The number of morpholine rings is 1. The molecule has 0 aromatic heterocycles. The summed E-state index contributed by atoms with van der Waals surface area (Å²) in [6, 6.07) is 14.4. The van der Waals surface area contributed by atoms with Crippen LogP contribution in [0.25, 0.3) is 0 Å². The molecule has 1 saturated carbocycles. The van der Waals surface area contributed by atoms with Gasteiger partial charge in [-0.25, -0.2) is 23.6 Å². The average Bonchev–Trinajstić information content (AvgIpc) is 4.01. The van der Waals surface area contributed by atoms with E-state index in [1.54, 1.807) is 32.9 Å². The minimum absolute atomic E-state index is 0.00223. The first-order valence-corrected chi connectivity index (χ1v) is 20.3. The van der Waals surface area contributed by atoms with Crippen molar-refractivity contribution in [3.63, 3.8) is 0 Å². The van der Waals surface area contributed by atoms with E-state index in [1.807, 2.05) is 42.5 Å². The van der Waals surface area contributed by atoms with E-state index in [0.29, 0.717) is 32.0 Å². The Bertz CT molecular complexity index is 1670. The molecule has 58 heavy (non-hydrogen) atoms. The van der Waals surface area contributed by atoms with Crippen LogP contribution in [-0.2, 0) is 55.9 Å². The number of halogens is 1. The van der Waals surface area contributed by atoms with Gasteiger partial charge in [0.05, 0.1) is 13.2 Å². The minimum Gasteiger partial charge on any atom is -0.458 e. The first-order valence-electron chi connectivity index (χ1n) is 20.3. The number of carbonyl (C=O) groups is 5. The lowest BCUT2D eigenvalue weighted by molar-refractivity contribution is -0.174. The van der Waals surface area contributed by atoms with Crippen LogP contribution in [0.3, 0.4) is 0 Å². The number of carbonyl (C=O) groups excluding carboxylic acids is 5. The minimum atomic E-state index is -1.91.